The molecule has 1 atom stereocenters. The van der Waals surface area contributed by atoms with Crippen molar-refractivity contribution in [2.75, 3.05) is 20.6 Å². The second kappa shape index (κ2) is 4.28. The van der Waals surface area contributed by atoms with Gasteiger partial charge in [-0.3, -0.25) is 4.99 Å². The molecule has 0 bridgehead atoms. The van der Waals surface area contributed by atoms with E-state index in [1.165, 1.54) is 0 Å². The predicted octanol–water partition coefficient (Wildman–Crippen LogP) is 0.347. The van der Waals surface area contributed by atoms with Crippen molar-refractivity contribution >= 4 is 5.84 Å². The minimum absolute atomic E-state index is 0.463. The van der Waals surface area contributed by atoms with Crippen LogP contribution in [0, 0.1) is 0 Å². The van der Waals surface area contributed by atoms with Crippen molar-refractivity contribution in [3.05, 3.63) is 0 Å². The first-order valence-electron chi connectivity index (χ1n) is 3.49. The number of nitrogens with zero attached hydrogens (tertiary/aromatic N) is 2. The van der Waals surface area contributed by atoms with Crippen molar-refractivity contribution in [1.82, 2.24) is 4.90 Å². The van der Waals surface area contributed by atoms with Crippen LogP contribution in [0.15, 0.2) is 4.99 Å². The summed E-state index contributed by atoms with van der Waals surface area (Å²) in [5.74, 6) is 0.738. The second-order valence-corrected chi connectivity index (χ2v) is 2.40. The maximum Gasteiger partial charge on any atom is 0.127 e. The van der Waals surface area contributed by atoms with Crippen LogP contribution >= 0.6 is 0 Å². The highest BCUT2D eigenvalue weighted by Crippen LogP contribution is 1.91. The van der Waals surface area contributed by atoms with Crippen molar-refractivity contribution in [3.8, 4) is 0 Å². The monoisotopic (exact) mass is 144 g/mol. The maximum atomic E-state index is 9.14. The fraction of sp³-hybridized carbons (Fsp3) is 0.857. The summed E-state index contributed by atoms with van der Waals surface area (Å²) in [5, 5.41) is 9.14. The van der Waals surface area contributed by atoms with E-state index in [9.17, 15) is 0 Å². The second-order valence-electron chi connectivity index (χ2n) is 2.40. The lowest BCUT2D eigenvalue weighted by atomic mass is 10.3. The van der Waals surface area contributed by atoms with Crippen LogP contribution in [-0.4, -0.2) is 42.6 Å². The van der Waals surface area contributed by atoms with E-state index in [0.29, 0.717) is 0 Å². The summed E-state index contributed by atoms with van der Waals surface area (Å²) in [6, 6.07) is 0. The summed E-state index contributed by atoms with van der Waals surface area (Å²) in [6.45, 7) is 4.39. The minimum atomic E-state index is -0.463. The van der Waals surface area contributed by atoms with Crippen LogP contribution < -0.4 is 0 Å². The van der Waals surface area contributed by atoms with Gasteiger partial charge in [0.15, 0.2) is 0 Å². The summed E-state index contributed by atoms with van der Waals surface area (Å²) in [4.78, 5) is 5.94. The zero-order valence-corrected chi connectivity index (χ0v) is 7.13. The smallest absolute Gasteiger partial charge is 0.127 e. The molecule has 0 aromatic heterocycles. The van der Waals surface area contributed by atoms with Crippen LogP contribution in [0.5, 0.6) is 0 Å². The Balaban J connectivity index is 4.12. The Hall–Kier alpha value is -0.570. The first-order valence-corrected chi connectivity index (χ1v) is 3.49. The van der Waals surface area contributed by atoms with E-state index in [4.69, 9.17) is 5.11 Å². The number of amidine groups is 1. The minimum Gasteiger partial charge on any atom is -0.385 e. The molecule has 0 heterocycles. The van der Waals surface area contributed by atoms with E-state index in [1.807, 2.05) is 25.9 Å². The molecule has 0 saturated carbocycles. The molecule has 10 heavy (non-hydrogen) atoms. The molecule has 0 aliphatic rings. The van der Waals surface area contributed by atoms with Gasteiger partial charge in [-0.15, -0.1) is 0 Å². The van der Waals surface area contributed by atoms with Crippen LogP contribution in [0.3, 0.4) is 0 Å². The molecule has 0 fully saturated rings. The van der Waals surface area contributed by atoms with Crippen LogP contribution in [0.25, 0.3) is 0 Å². The predicted molar refractivity (Wildman–Crippen MR) is 43.3 cm³/mol. The van der Waals surface area contributed by atoms with Gasteiger partial charge in [0.1, 0.15) is 11.9 Å². The number of aliphatic imine (C=N–C) groups is 1. The van der Waals surface area contributed by atoms with Gasteiger partial charge in [-0.2, -0.15) is 0 Å². The molecule has 0 aromatic carbocycles. The van der Waals surface area contributed by atoms with Crippen LogP contribution in [0.1, 0.15) is 13.8 Å². The average molecular weight is 144 g/mol. The average Bonchev–Trinajstić information content (AvgIpc) is 1.81. The Morgan fingerprint density at radius 2 is 2.10 bits per heavy atom. The molecule has 0 aliphatic heterocycles. The van der Waals surface area contributed by atoms with E-state index >= 15 is 0 Å². The molecule has 0 aromatic rings. The first kappa shape index (κ1) is 9.43. The first-order chi connectivity index (χ1) is 4.59. The van der Waals surface area contributed by atoms with E-state index in [1.54, 1.807) is 6.92 Å². The van der Waals surface area contributed by atoms with Gasteiger partial charge in [0, 0.05) is 20.6 Å². The number of hydrogen-bond acceptors (Lipinski definition) is 2. The molecule has 0 rings (SSSR count). The summed E-state index contributed by atoms with van der Waals surface area (Å²) >= 11 is 0. The number of likely N-dealkylation sites (N-methyl/N-ethyl adjacent to an activating group) is 1. The van der Waals surface area contributed by atoms with Gasteiger partial charge in [-0.1, -0.05) is 0 Å². The zero-order chi connectivity index (χ0) is 8.15. The van der Waals surface area contributed by atoms with Gasteiger partial charge >= 0.3 is 0 Å². The Kier molecular flexibility index (Phi) is 4.03. The normalized spacial score (nSPS) is 15.1. The van der Waals surface area contributed by atoms with E-state index in [0.717, 1.165) is 12.4 Å². The van der Waals surface area contributed by atoms with Crippen LogP contribution in [-0.2, 0) is 0 Å². The standard InChI is InChI=1S/C7H16N2O/c1-5-8-7(6(2)10)9(3)4/h6,10H,5H2,1-4H3. The summed E-state index contributed by atoms with van der Waals surface area (Å²) in [5.41, 5.74) is 0. The molecule has 0 spiro atoms. The topological polar surface area (TPSA) is 35.8 Å². The fourth-order valence-corrected chi connectivity index (χ4v) is 0.809. The molecule has 1 unspecified atom stereocenters. The van der Waals surface area contributed by atoms with Gasteiger partial charge < -0.3 is 10.0 Å². The molecule has 3 nitrogen and oxygen atoms in total. The Morgan fingerprint density at radius 3 is 2.20 bits per heavy atom. The van der Waals surface area contributed by atoms with Crippen LogP contribution in [0.2, 0.25) is 0 Å². The SMILES string of the molecule is CCN=C(C(C)O)N(C)C. The largest absolute Gasteiger partial charge is 0.385 e. The van der Waals surface area contributed by atoms with Gasteiger partial charge in [0.25, 0.3) is 0 Å². The highest BCUT2D eigenvalue weighted by molar-refractivity contribution is 5.85. The lowest BCUT2D eigenvalue weighted by Gasteiger charge is -2.17. The van der Waals surface area contributed by atoms with Crippen LogP contribution in [0.4, 0.5) is 0 Å². The lowest BCUT2D eigenvalue weighted by molar-refractivity contribution is 0.247. The third-order valence-electron chi connectivity index (χ3n) is 1.15. The van der Waals surface area contributed by atoms with Gasteiger partial charge in [0.05, 0.1) is 0 Å². The highest BCUT2D eigenvalue weighted by atomic mass is 16.3. The van der Waals surface area contributed by atoms with Crippen molar-refractivity contribution in [3.63, 3.8) is 0 Å². The lowest BCUT2D eigenvalue weighted by Crippen LogP contribution is -2.32. The Bertz CT molecular complexity index is 109. The number of hydrogen-bond donors (Lipinski definition) is 1. The summed E-state index contributed by atoms with van der Waals surface area (Å²) in [7, 11) is 3.75. The van der Waals surface area contributed by atoms with Crippen molar-refractivity contribution in [2.24, 2.45) is 4.99 Å². The molecular formula is C7H16N2O. The number of aliphatic hydroxyl groups is 1. The van der Waals surface area contributed by atoms with Gasteiger partial charge in [0.2, 0.25) is 0 Å². The Labute approximate surface area is 62.4 Å². The van der Waals surface area contributed by atoms with Crippen molar-refractivity contribution in [2.45, 2.75) is 20.0 Å². The van der Waals surface area contributed by atoms with Gasteiger partial charge in [-0.25, -0.2) is 0 Å². The van der Waals surface area contributed by atoms with Crippen molar-refractivity contribution < 1.29 is 5.11 Å². The summed E-state index contributed by atoms with van der Waals surface area (Å²) in [6.07, 6.45) is -0.463. The molecule has 0 aliphatic carbocycles. The van der Waals surface area contributed by atoms with E-state index in [-0.39, 0.29) is 0 Å². The molecular weight excluding hydrogens is 128 g/mol. The van der Waals surface area contributed by atoms with Gasteiger partial charge in [-0.05, 0) is 13.8 Å². The quantitative estimate of drug-likeness (QED) is 0.448. The molecule has 0 saturated heterocycles. The third-order valence-corrected chi connectivity index (χ3v) is 1.15. The third kappa shape index (κ3) is 2.82. The van der Waals surface area contributed by atoms with Crippen molar-refractivity contribution in [1.29, 1.82) is 0 Å². The summed E-state index contributed by atoms with van der Waals surface area (Å²) < 4.78 is 0. The number of rotatable bonds is 2. The maximum absolute atomic E-state index is 9.14. The fourth-order valence-electron chi connectivity index (χ4n) is 0.809. The molecule has 0 amide bonds. The highest BCUT2D eigenvalue weighted by Gasteiger charge is 2.06. The molecule has 3 heteroatoms. The molecule has 60 valence electrons. The van der Waals surface area contributed by atoms with E-state index < -0.39 is 6.10 Å². The molecule has 0 radical (unpaired) electrons. The van der Waals surface area contributed by atoms with E-state index in [2.05, 4.69) is 4.99 Å². The number of aliphatic hydroxyl groups excluding tert-OH is 1. The zero-order valence-electron chi connectivity index (χ0n) is 7.13. The molecule has 1 N–H and O–H groups in total. The Morgan fingerprint density at radius 1 is 1.60 bits per heavy atom.